The number of thioether (sulfide) groups is 1. The van der Waals surface area contributed by atoms with Crippen molar-refractivity contribution in [1.82, 2.24) is 4.90 Å². The molecule has 4 nitrogen and oxygen atoms in total. The highest BCUT2D eigenvalue weighted by molar-refractivity contribution is 7.98. The number of carbonyl (C=O) groups excluding carboxylic acids is 2. The SMILES string of the molecule is CSc1ccc(Cl)c(C(=O)N(C)CC(=O)Nc2c(C)cccc2C)c1. The summed E-state index contributed by atoms with van der Waals surface area (Å²) in [5, 5.41) is 3.26. The number of rotatable bonds is 5. The van der Waals surface area contributed by atoms with Crippen LogP contribution in [-0.2, 0) is 4.79 Å². The van der Waals surface area contributed by atoms with Crippen LogP contribution in [0.25, 0.3) is 0 Å². The van der Waals surface area contributed by atoms with Crippen molar-refractivity contribution in [1.29, 1.82) is 0 Å². The Morgan fingerprint density at radius 2 is 1.80 bits per heavy atom. The van der Waals surface area contributed by atoms with Crippen molar-refractivity contribution in [3.63, 3.8) is 0 Å². The van der Waals surface area contributed by atoms with Crippen molar-refractivity contribution in [2.24, 2.45) is 0 Å². The number of hydrogen-bond acceptors (Lipinski definition) is 3. The quantitative estimate of drug-likeness (QED) is 0.787. The molecule has 2 rings (SSSR count). The standard InChI is InChI=1S/C19H21ClN2O2S/c1-12-6-5-7-13(2)18(12)21-17(23)11-22(3)19(24)15-10-14(25-4)8-9-16(15)20/h5-10H,11H2,1-4H3,(H,21,23). The molecule has 0 atom stereocenters. The van der Waals surface area contributed by atoms with Crippen LogP contribution in [0.3, 0.4) is 0 Å². The molecule has 6 heteroatoms. The highest BCUT2D eigenvalue weighted by Gasteiger charge is 2.18. The van der Waals surface area contributed by atoms with E-state index in [0.717, 1.165) is 21.7 Å². The number of amides is 2. The minimum absolute atomic E-state index is 0.0492. The second kappa shape index (κ2) is 8.41. The maximum absolute atomic E-state index is 12.6. The highest BCUT2D eigenvalue weighted by Crippen LogP contribution is 2.24. The van der Waals surface area contributed by atoms with E-state index in [9.17, 15) is 9.59 Å². The molecule has 1 N–H and O–H groups in total. The summed E-state index contributed by atoms with van der Waals surface area (Å²) in [6.07, 6.45) is 1.93. The maximum atomic E-state index is 12.6. The van der Waals surface area contributed by atoms with Gasteiger partial charge in [0, 0.05) is 17.6 Å². The van der Waals surface area contributed by atoms with Gasteiger partial charge in [-0.2, -0.15) is 0 Å². The summed E-state index contributed by atoms with van der Waals surface area (Å²) in [6.45, 7) is 3.82. The Kier molecular flexibility index (Phi) is 6.51. The lowest BCUT2D eigenvalue weighted by molar-refractivity contribution is -0.116. The molecule has 2 aromatic carbocycles. The zero-order valence-corrected chi connectivity index (χ0v) is 16.3. The Labute approximate surface area is 157 Å². The van der Waals surface area contributed by atoms with Crippen LogP contribution in [0.1, 0.15) is 21.5 Å². The first-order valence-corrected chi connectivity index (χ1v) is 9.38. The summed E-state index contributed by atoms with van der Waals surface area (Å²) in [5.74, 6) is -0.525. The minimum Gasteiger partial charge on any atom is -0.332 e. The summed E-state index contributed by atoms with van der Waals surface area (Å²) in [6, 6.07) is 11.1. The minimum atomic E-state index is -0.280. The molecule has 0 radical (unpaired) electrons. The molecule has 0 aliphatic rings. The average molecular weight is 377 g/mol. The molecule has 0 spiro atoms. The molecule has 0 saturated carbocycles. The zero-order valence-electron chi connectivity index (χ0n) is 14.7. The van der Waals surface area contributed by atoms with Crippen molar-refractivity contribution in [2.45, 2.75) is 18.7 Å². The molecule has 0 aromatic heterocycles. The number of likely N-dealkylation sites (N-methyl/N-ethyl adjacent to an activating group) is 1. The van der Waals surface area contributed by atoms with Crippen LogP contribution in [0.4, 0.5) is 5.69 Å². The van der Waals surface area contributed by atoms with Gasteiger partial charge in [0.15, 0.2) is 0 Å². The Morgan fingerprint density at radius 3 is 2.40 bits per heavy atom. The summed E-state index contributed by atoms with van der Waals surface area (Å²) >= 11 is 7.67. The van der Waals surface area contributed by atoms with Crippen LogP contribution in [-0.4, -0.2) is 36.6 Å². The van der Waals surface area contributed by atoms with Crippen LogP contribution in [0.5, 0.6) is 0 Å². The Balaban J connectivity index is 2.10. The van der Waals surface area contributed by atoms with Crippen molar-refractivity contribution < 1.29 is 9.59 Å². The lowest BCUT2D eigenvalue weighted by Gasteiger charge is -2.19. The lowest BCUT2D eigenvalue weighted by Crippen LogP contribution is -2.35. The van der Waals surface area contributed by atoms with E-state index in [0.29, 0.717) is 10.6 Å². The number of halogens is 1. The topological polar surface area (TPSA) is 49.4 Å². The number of para-hydroxylation sites is 1. The Morgan fingerprint density at radius 1 is 1.16 bits per heavy atom. The van der Waals surface area contributed by atoms with E-state index in [-0.39, 0.29) is 18.4 Å². The predicted octanol–water partition coefficient (Wildman–Crippen LogP) is 4.39. The molecule has 0 aliphatic carbocycles. The van der Waals surface area contributed by atoms with Gasteiger partial charge in [0.05, 0.1) is 17.1 Å². The van der Waals surface area contributed by atoms with E-state index in [1.807, 2.05) is 44.4 Å². The van der Waals surface area contributed by atoms with Crippen LogP contribution >= 0.6 is 23.4 Å². The smallest absolute Gasteiger partial charge is 0.255 e. The third-order valence-corrected chi connectivity index (χ3v) is 4.93. The average Bonchev–Trinajstić information content (AvgIpc) is 2.58. The summed E-state index contributed by atoms with van der Waals surface area (Å²) in [5.41, 5.74) is 3.16. The maximum Gasteiger partial charge on any atom is 0.255 e. The normalized spacial score (nSPS) is 10.4. The van der Waals surface area contributed by atoms with Crippen molar-refractivity contribution in [2.75, 3.05) is 25.2 Å². The van der Waals surface area contributed by atoms with E-state index in [4.69, 9.17) is 11.6 Å². The molecule has 0 fully saturated rings. The van der Waals surface area contributed by atoms with E-state index in [1.165, 1.54) is 16.7 Å². The van der Waals surface area contributed by atoms with E-state index in [1.54, 1.807) is 19.2 Å². The van der Waals surface area contributed by atoms with Gasteiger partial charge in [-0.1, -0.05) is 29.8 Å². The summed E-state index contributed by atoms with van der Waals surface area (Å²) < 4.78 is 0. The first kappa shape index (κ1) is 19.3. The van der Waals surface area contributed by atoms with E-state index < -0.39 is 0 Å². The largest absolute Gasteiger partial charge is 0.332 e. The molecule has 0 bridgehead atoms. The predicted molar refractivity (Wildman–Crippen MR) is 105 cm³/mol. The molecule has 0 aliphatic heterocycles. The number of nitrogens with zero attached hydrogens (tertiary/aromatic N) is 1. The van der Waals surface area contributed by atoms with Crippen LogP contribution in [0.15, 0.2) is 41.3 Å². The van der Waals surface area contributed by atoms with Gasteiger partial charge in [-0.15, -0.1) is 11.8 Å². The summed E-state index contributed by atoms with van der Waals surface area (Å²) in [4.78, 5) is 27.3. The fourth-order valence-corrected chi connectivity index (χ4v) is 3.12. The first-order valence-electron chi connectivity index (χ1n) is 7.78. The molecular weight excluding hydrogens is 356 g/mol. The number of hydrogen-bond donors (Lipinski definition) is 1. The second-order valence-electron chi connectivity index (χ2n) is 5.82. The van der Waals surface area contributed by atoms with Crippen LogP contribution in [0.2, 0.25) is 5.02 Å². The first-order chi connectivity index (χ1) is 11.8. The molecule has 2 aromatic rings. The summed E-state index contributed by atoms with van der Waals surface area (Å²) in [7, 11) is 1.59. The number of nitrogens with one attached hydrogen (secondary N) is 1. The van der Waals surface area contributed by atoms with Gasteiger partial charge in [0.2, 0.25) is 5.91 Å². The molecule has 0 saturated heterocycles. The molecule has 132 valence electrons. The van der Waals surface area contributed by atoms with Crippen molar-refractivity contribution >= 4 is 40.9 Å². The third-order valence-electron chi connectivity index (χ3n) is 3.88. The van der Waals surface area contributed by atoms with Crippen molar-refractivity contribution in [3.05, 3.63) is 58.1 Å². The van der Waals surface area contributed by atoms with Crippen LogP contribution < -0.4 is 5.32 Å². The molecule has 2 amide bonds. The lowest BCUT2D eigenvalue weighted by atomic mass is 10.1. The highest BCUT2D eigenvalue weighted by atomic mass is 35.5. The van der Waals surface area contributed by atoms with Gasteiger partial charge in [0.1, 0.15) is 0 Å². The zero-order chi connectivity index (χ0) is 18.6. The second-order valence-corrected chi connectivity index (χ2v) is 7.11. The van der Waals surface area contributed by atoms with Gasteiger partial charge >= 0.3 is 0 Å². The van der Waals surface area contributed by atoms with Gasteiger partial charge < -0.3 is 10.2 Å². The van der Waals surface area contributed by atoms with Gasteiger partial charge in [0.25, 0.3) is 5.91 Å². The monoisotopic (exact) mass is 376 g/mol. The van der Waals surface area contributed by atoms with Gasteiger partial charge in [-0.25, -0.2) is 0 Å². The molecule has 25 heavy (non-hydrogen) atoms. The Bertz CT molecular complexity index is 788. The molecule has 0 unspecified atom stereocenters. The van der Waals surface area contributed by atoms with E-state index in [2.05, 4.69) is 5.32 Å². The van der Waals surface area contributed by atoms with Crippen molar-refractivity contribution in [3.8, 4) is 0 Å². The molecular formula is C19H21ClN2O2S. The third kappa shape index (κ3) is 4.77. The Hall–Kier alpha value is -1.98. The number of carbonyl (C=O) groups is 2. The van der Waals surface area contributed by atoms with Crippen LogP contribution in [0, 0.1) is 13.8 Å². The number of anilines is 1. The van der Waals surface area contributed by atoms with Gasteiger partial charge in [-0.3, -0.25) is 9.59 Å². The van der Waals surface area contributed by atoms with Gasteiger partial charge in [-0.05, 0) is 49.4 Å². The number of benzene rings is 2. The molecule has 0 heterocycles. The number of aryl methyl sites for hydroxylation is 2. The fourth-order valence-electron chi connectivity index (χ4n) is 2.48. The van der Waals surface area contributed by atoms with E-state index >= 15 is 0 Å². The fraction of sp³-hybridized carbons (Fsp3) is 0.263.